The maximum atomic E-state index is 12.8. The molecule has 0 radical (unpaired) electrons. The summed E-state index contributed by atoms with van der Waals surface area (Å²) in [6, 6.07) is 0. The van der Waals surface area contributed by atoms with Crippen molar-refractivity contribution in [3.05, 3.63) is 27.1 Å². The smallest absolute Gasteiger partial charge is 0.348 e. The molecule has 0 atom stereocenters. The van der Waals surface area contributed by atoms with Gasteiger partial charge in [0.15, 0.2) is 0 Å². The van der Waals surface area contributed by atoms with E-state index in [-0.39, 0.29) is 11.5 Å². The lowest BCUT2D eigenvalue weighted by Gasteiger charge is -2.27. The highest BCUT2D eigenvalue weighted by Crippen LogP contribution is 2.27. The minimum Gasteiger partial charge on any atom is -0.462 e. The van der Waals surface area contributed by atoms with Crippen LogP contribution in [0.2, 0.25) is 0 Å². The normalized spacial score (nSPS) is 15.8. The molecule has 24 heavy (non-hydrogen) atoms. The SMILES string of the molecule is CCOC(=O)c1sc2ncn(CCN3CCNCC3)c(=O)c2c1C. The summed E-state index contributed by atoms with van der Waals surface area (Å²) < 4.78 is 6.70. The van der Waals surface area contributed by atoms with Gasteiger partial charge in [-0.1, -0.05) is 0 Å². The minimum atomic E-state index is -0.384. The monoisotopic (exact) mass is 350 g/mol. The predicted octanol–water partition coefficient (Wildman–Crippen LogP) is 0.848. The molecule has 3 rings (SSSR count). The molecule has 1 aliphatic rings. The van der Waals surface area contributed by atoms with Gasteiger partial charge in [-0.3, -0.25) is 14.3 Å². The zero-order valence-corrected chi connectivity index (χ0v) is 14.8. The predicted molar refractivity (Wildman–Crippen MR) is 93.9 cm³/mol. The van der Waals surface area contributed by atoms with E-state index in [4.69, 9.17) is 4.74 Å². The van der Waals surface area contributed by atoms with Gasteiger partial charge in [0.05, 0.1) is 18.3 Å². The van der Waals surface area contributed by atoms with Crippen molar-refractivity contribution in [2.75, 3.05) is 39.3 Å². The molecule has 0 aromatic carbocycles. The summed E-state index contributed by atoms with van der Waals surface area (Å²) in [5.41, 5.74) is 0.585. The molecule has 2 aromatic heterocycles. The second kappa shape index (κ2) is 7.42. The van der Waals surface area contributed by atoms with E-state index >= 15 is 0 Å². The maximum absolute atomic E-state index is 12.8. The van der Waals surface area contributed by atoms with Crippen molar-refractivity contribution >= 4 is 27.5 Å². The zero-order chi connectivity index (χ0) is 17.1. The quantitative estimate of drug-likeness (QED) is 0.806. The lowest BCUT2D eigenvalue weighted by molar-refractivity contribution is 0.0531. The molecule has 1 N–H and O–H groups in total. The van der Waals surface area contributed by atoms with Gasteiger partial charge in [0.1, 0.15) is 9.71 Å². The molecule has 0 spiro atoms. The second-order valence-corrected chi connectivity index (χ2v) is 6.79. The fourth-order valence-electron chi connectivity index (χ4n) is 2.89. The van der Waals surface area contributed by atoms with E-state index in [0.29, 0.717) is 33.8 Å². The van der Waals surface area contributed by atoms with Gasteiger partial charge in [-0.05, 0) is 19.4 Å². The first kappa shape index (κ1) is 17.1. The van der Waals surface area contributed by atoms with Crippen LogP contribution in [0.1, 0.15) is 22.2 Å². The lowest BCUT2D eigenvalue weighted by Crippen LogP contribution is -2.45. The zero-order valence-electron chi connectivity index (χ0n) is 14.0. The van der Waals surface area contributed by atoms with Crippen molar-refractivity contribution in [2.24, 2.45) is 0 Å². The number of hydrogen-bond acceptors (Lipinski definition) is 7. The Balaban J connectivity index is 1.85. The second-order valence-electron chi connectivity index (χ2n) is 5.79. The number of hydrogen-bond donors (Lipinski definition) is 1. The Labute approximate surface area is 144 Å². The third-order valence-electron chi connectivity index (χ3n) is 4.24. The summed E-state index contributed by atoms with van der Waals surface area (Å²) in [5, 5.41) is 3.85. The summed E-state index contributed by atoms with van der Waals surface area (Å²) in [4.78, 5) is 32.5. The van der Waals surface area contributed by atoms with E-state index in [2.05, 4.69) is 15.2 Å². The van der Waals surface area contributed by atoms with E-state index in [1.165, 1.54) is 11.3 Å². The lowest BCUT2D eigenvalue weighted by atomic mass is 10.2. The number of nitrogens with one attached hydrogen (secondary N) is 1. The van der Waals surface area contributed by atoms with E-state index < -0.39 is 0 Å². The van der Waals surface area contributed by atoms with E-state index in [1.54, 1.807) is 24.7 Å². The van der Waals surface area contributed by atoms with Gasteiger partial charge in [0, 0.05) is 39.3 Å². The van der Waals surface area contributed by atoms with Crippen LogP contribution in [-0.2, 0) is 11.3 Å². The topological polar surface area (TPSA) is 76.5 Å². The molecule has 2 aromatic rings. The third-order valence-corrected chi connectivity index (χ3v) is 5.42. The number of esters is 1. The number of rotatable bonds is 5. The Kier molecular flexibility index (Phi) is 5.27. The highest BCUT2D eigenvalue weighted by atomic mass is 32.1. The minimum absolute atomic E-state index is 0.0839. The van der Waals surface area contributed by atoms with Gasteiger partial charge < -0.3 is 10.1 Å². The number of carbonyl (C=O) groups excluding carboxylic acids is 1. The van der Waals surface area contributed by atoms with Crippen LogP contribution >= 0.6 is 11.3 Å². The van der Waals surface area contributed by atoms with Crippen LogP contribution in [0.3, 0.4) is 0 Å². The van der Waals surface area contributed by atoms with Gasteiger partial charge in [-0.2, -0.15) is 0 Å². The molecule has 0 bridgehead atoms. The summed E-state index contributed by atoms with van der Waals surface area (Å²) in [6.07, 6.45) is 1.58. The van der Waals surface area contributed by atoms with Crippen LogP contribution in [0.4, 0.5) is 0 Å². The first-order chi connectivity index (χ1) is 11.6. The number of ether oxygens (including phenoxy) is 1. The standard InChI is InChI=1S/C16H22N4O3S/c1-3-23-16(22)13-11(2)12-14(24-13)18-10-20(15(12)21)9-8-19-6-4-17-5-7-19/h10,17H,3-9H2,1-2H3. The van der Waals surface area contributed by atoms with Crippen molar-refractivity contribution in [1.82, 2.24) is 19.8 Å². The maximum Gasteiger partial charge on any atom is 0.348 e. The molecular formula is C16H22N4O3S. The van der Waals surface area contributed by atoms with Crippen molar-refractivity contribution in [2.45, 2.75) is 20.4 Å². The molecule has 0 aliphatic carbocycles. The van der Waals surface area contributed by atoms with Crippen LogP contribution < -0.4 is 10.9 Å². The molecule has 3 heterocycles. The van der Waals surface area contributed by atoms with E-state index in [0.717, 1.165) is 32.7 Å². The number of aryl methyl sites for hydroxylation is 1. The Morgan fingerprint density at radius 2 is 2.12 bits per heavy atom. The van der Waals surface area contributed by atoms with Crippen LogP contribution in [-0.4, -0.2) is 59.8 Å². The van der Waals surface area contributed by atoms with Crippen LogP contribution in [0.5, 0.6) is 0 Å². The van der Waals surface area contributed by atoms with Gasteiger partial charge in [-0.25, -0.2) is 9.78 Å². The molecule has 0 saturated carbocycles. The first-order valence-electron chi connectivity index (χ1n) is 8.20. The molecule has 130 valence electrons. The number of thiophene rings is 1. The number of nitrogens with zero attached hydrogens (tertiary/aromatic N) is 3. The fourth-order valence-corrected chi connectivity index (χ4v) is 3.93. The Bertz CT molecular complexity index is 792. The molecule has 7 nitrogen and oxygen atoms in total. The summed E-state index contributed by atoms with van der Waals surface area (Å²) in [6.45, 7) is 9.25. The average molecular weight is 350 g/mol. The molecular weight excluding hydrogens is 328 g/mol. The molecule has 0 unspecified atom stereocenters. The van der Waals surface area contributed by atoms with Gasteiger partial charge in [0.25, 0.3) is 5.56 Å². The number of aromatic nitrogens is 2. The Hall–Kier alpha value is -1.77. The van der Waals surface area contributed by atoms with Crippen LogP contribution in [0, 0.1) is 6.92 Å². The van der Waals surface area contributed by atoms with Crippen molar-refractivity contribution in [3.8, 4) is 0 Å². The molecule has 8 heteroatoms. The fraction of sp³-hybridized carbons (Fsp3) is 0.562. The Morgan fingerprint density at radius 1 is 1.38 bits per heavy atom. The summed E-state index contributed by atoms with van der Waals surface area (Å²) in [7, 11) is 0. The number of fused-ring (bicyclic) bond motifs is 1. The highest BCUT2D eigenvalue weighted by Gasteiger charge is 2.20. The first-order valence-corrected chi connectivity index (χ1v) is 9.02. The van der Waals surface area contributed by atoms with E-state index in [1.807, 2.05) is 0 Å². The van der Waals surface area contributed by atoms with Gasteiger partial charge >= 0.3 is 5.97 Å². The largest absolute Gasteiger partial charge is 0.462 e. The number of piperazine rings is 1. The third kappa shape index (κ3) is 3.35. The van der Waals surface area contributed by atoms with Crippen LogP contribution in [0.15, 0.2) is 11.1 Å². The molecule has 1 fully saturated rings. The average Bonchev–Trinajstić information content (AvgIpc) is 2.93. The van der Waals surface area contributed by atoms with Gasteiger partial charge in [-0.15, -0.1) is 11.3 Å². The Morgan fingerprint density at radius 3 is 2.83 bits per heavy atom. The van der Waals surface area contributed by atoms with Crippen molar-refractivity contribution < 1.29 is 9.53 Å². The van der Waals surface area contributed by atoms with Crippen molar-refractivity contribution in [3.63, 3.8) is 0 Å². The van der Waals surface area contributed by atoms with Gasteiger partial charge in [0.2, 0.25) is 0 Å². The number of carbonyl (C=O) groups is 1. The highest BCUT2D eigenvalue weighted by molar-refractivity contribution is 7.20. The van der Waals surface area contributed by atoms with Crippen LogP contribution in [0.25, 0.3) is 10.2 Å². The molecule has 0 amide bonds. The van der Waals surface area contributed by atoms with Crippen molar-refractivity contribution in [1.29, 1.82) is 0 Å². The summed E-state index contributed by atoms with van der Waals surface area (Å²) >= 11 is 1.22. The molecule has 1 aliphatic heterocycles. The molecule has 1 saturated heterocycles. The summed E-state index contributed by atoms with van der Waals surface area (Å²) in [5.74, 6) is -0.384. The van der Waals surface area contributed by atoms with E-state index in [9.17, 15) is 9.59 Å².